The van der Waals surface area contributed by atoms with Crippen LogP contribution in [-0.2, 0) is 4.79 Å². The summed E-state index contributed by atoms with van der Waals surface area (Å²) >= 11 is 6.07. The number of carbonyl (C=O) groups excluding carboxylic acids is 1. The number of nitrogens with zero attached hydrogens (tertiary/aromatic N) is 2. The molecule has 4 nitrogen and oxygen atoms in total. The molecule has 1 aromatic rings. The molecule has 0 radical (unpaired) electrons. The Morgan fingerprint density at radius 1 is 1.26 bits per heavy atom. The van der Waals surface area contributed by atoms with Crippen molar-refractivity contribution in [3.05, 3.63) is 40.9 Å². The van der Waals surface area contributed by atoms with Crippen molar-refractivity contribution in [2.24, 2.45) is 16.8 Å². The first-order chi connectivity index (χ1) is 14.9. The largest absolute Gasteiger partial charge is 0.352 e. The Labute approximate surface area is 193 Å². The fraction of sp³-hybridized carbons (Fsp3) is 0.615. The third-order valence-electron chi connectivity index (χ3n) is 6.87. The van der Waals surface area contributed by atoms with E-state index in [1.54, 1.807) is 0 Å². The Kier molecular flexibility index (Phi) is 9.15. The van der Waals surface area contributed by atoms with Gasteiger partial charge in [-0.15, -0.1) is 0 Å². The highest BCUT2D eigenvalue weighted by Gasteiger charge is 2.26. The van der Waals surface area contributed by atoms with Crippen LogP contribution in [0.5, 0.6) is 0 Å². The second kappa shape index (κ2) is 11.8. The monoisotopic (exact) mass is 443 g/mol. The highest BCUT2D eigenvalue weighted by Crippen LogP contribution is 2.34. The Morgan fingerprint density at radius 3 is 2.65 bits per heavy atom. The lowest BCUT2D eigenvalue weighted by Gasteiger charge is -2.24. The summed E-state index contributed by atoms with van der Waals surface area (Å²) in [6, 6.07) is 5.84. The van der Waals surface area contributed by atoms with Crippen LogP contribution in [0.2, 0.25) is 5.02 Å². The van der Waals surface area contributed by atoms with Gasteiger partial charge in [-0.2, -0.15) is 0 Å². The Morgan fingerprint density at radius 2 is 1.97 bits per heavy atom. The number of benzene rings is 1. The molecule has 1 N–H and O–H groups in total. The fourth-order valence-electron chi connectivity index (χ4n) is 4.96. The maximum absolute atomic E-state index is 12.6. The first-order valence-electron chi connectivity index (χ1n) is 11.9. The summed E-state index contributed by atoms with van der Waals surface area (Å²) in [5.41, 5.74) is 3.93. The van der Waals surface area contributed by atoms with Crippen molar-refractivity contribution < 1.29 is 4.79 Å². The zero-order chi connectivity index (χ0) is 22.2. The third-order valence-corrected chi connectivity index (χ3v) is 7.11. The van der Waals surface area contributed by atoms with E-state index in [1.807, 2.05) is 25.1 Å². The van der Waals surface area contributed by atoms with Crippen LogP contribution in [0.15, 0.2) is 35.3 Å². The van der Waals surface area contributed by atoms with Crippen LogP contribution in [0.3, 0.4) is 0 Å². The molecule has 1 atom stereocenters. The van der Waals surface area contributed by atoms with Gasteiger partial charge in [0.2, 0.25) is 5.91 Å². The summed E-state index contributed by atoms with van der Waals surface area (Å²) in [7, 11) is 0. The second-order valence-electron chi connectivity index (χ2n) is 9.42. The number of likely N-dealkylation sites (tertiary alicyclic amines) is 1. The minimum atomic E-state index is 0.0251. The third kappa shape index (κ3) is 7.47. The number of aryl methyl sites for hydroxylation is 1. The summed E-state index contributed by atoms with van der Waals surface area (Å²) in [5.74, 6) is 1.23. The minimum Gasteiger partial charge on any atom is -0.352 e. The van der Waals surface area contributed by atoms with E-state index in [9.17, 15) is 4.79 Å². The van der Waals surface area contributed by atoms with Gasteiger partial charge in [-0.05, 0) is 88.2 Å². The highest BCUT2D eigenvalue weighted by atomic mass is 35.5. The summed E-state index contributed by atoms with van der Waals surface area (Å²) in [4.78, 5) is 19.8. The standard InChI is InChI=1S/C26H38ClN3O/c1-19-16-24(27)12-13-25(19)29-21(3)10-11-23(22-8-4-5-9-22)17-28-26(31)20(2)18-30-14-6-7-15-30/h12-13,16,22-23H,2,4-11,14-15,17-18H2,1,3H3,(H,28,31)/b29-21+. The summed E-state index contributed by atoms with van der Waals surface area (Å²) in [5, 5.41) is 3.95. The van der Waals surface area contributed by atoms with Crippen LogP contribution in [0.25, 0.3) is 0 Å². The molecule has 31 heavy (non-hydrogen) atoms. The quantitative estimate of drug-likeness (QED) is 0.351. The summed E-state index contributed by atoms with van der Waals surface area (Å²) in [6.07, 6.45) is 9.66. The van der Waals surface area contributed by atoms with Crippen molar-refractivity contribution in [3.8, 4) is 0 Å². The first-order valence-corrected chi connectivity index (χ1v) is 12.3. The summed E-state index contributed by atoms with van der Waals surface area (Å²) in [6.45, 7) is 11.8. The molecule has 1 aliphatic heterocycles. The molecule has 2 fully saturated rings. The van der Waals surface area contributed by atoms with E-state index < -0.39 is 0 Å². The average molecular weight is 444 g/mol. The number of rotatable bonds is 10. The van der Waals surface area contributed by atoms with E-state index in [0.717, 1.165) is 54.5 Å². The maximum Gasteiger partial charge on any atom is 0.247 e. The topological polar surface area (TPSA) is 44.7 Å². The molecule has 170 valence electrons. The molecule has 1 unspecified atom stereocenters. The minimum absolute atomic E-state index is 0.0251. The van der Waals surface area contributed by atoms with Crippen LogP contribution in [0, 0.1) is 18.8 Å². The molecular formula is C26H38ClN3O. The van der Waals surface area contributed by atoms with E-state index in [-0.39, 0.29) is 5.91 Å². The molecule has 2 aliphatic rings. The predicted molar refractivity (Wildman–Crippen MR) is 131 cm³/mol. The van der Waals surface area contributed by atoms with Crippen LogP contribution in [0.1, 0.15) is 63.9 Å². The normalized spacial score (nSPS) is 19.0. The number of hydrogen-bond donors (Lipinski definition) is 1. The lowest BCUT2D eigenvalue weighted by Crippen LogP contribution is -2.36. The lowest BCUT2D eigenvalue weighted by atomic mass is 9.86. The van der Waals surface area contributed by atoms with E-state index in [0.29, 0.717) is 24.0 Å². The van der Waals surface area contributed by atoms with Gasteiger partial charge in [0.05, 0.1) is 5.69 Å². The van der Waals surface area contributed by atoms with Gasteiger partial charge in [0, 0.05) is 29.4 Å². The molecule has 1 saturated heterocycles. The summed E-state index contributed by atoms with van der Waals surface area (Å²) < 4.78 is 0. The molecule has 1 aliphatic carbocycles. The Bertz CT molecular complexity index is 792. The lowest BCUT2D eigenvalue weighted by molar-refractivity contribution is -0.118. The SMILES string of the molecule is C=C(CN1CCCC1)C(=O)NCC(CC/C(C)=N/c1ccc(Cl)cc1C)C1CCCC1. The van der Waals surface area contributed by atoms with Crippen LogP contribution in [0.4, 0.5) is 5.69 Å². The molecular weight excluding hydrogens is 406 g/mol. The van der Waals surface area contributed by atoms with Crippen LogP contribution < -0.4 is 5.32 Å². The maximum atomic E-state index is 12.6. The Balaban J connectivity index is 1.53. The number of hydrogen-bond acceptors (Lipinski definition) is 3. The van der Waals surface area contributed by atoms with Crippen molar-refractivity contribution in [2.45, 2.75) is 65.2 Å². The van der Waals surface area contributed by atoms with Gasteiger partial charge < -0.3 is 5.32 Å². The molecule has 0 spiro atoms. The van der Waals surface area contributed by atoms with Gasteiger partial charge in [-0.1, -0.05) is 43.9 Å². The average Bonchev–Trinajstić information content (AvgIpc) is 3.44. The molecule has 0 aromatic heterocycles. The zero-order valence-corrected chi connectivity index (χ0v) is 20.0. The van der Waals surface area contributed by atoms with Gasteiger partial charge in [-0.3, -0.25) is 14.7 Å². The number of carbonyl (C=O) groups is 1. The predicted octanol–water partition coefficient (Wildman–Crippen LogP) is 6.10. The van der Waals surface area contributed by atoms with Crippen molar-refractivity contribution >= 4 is 28.9 Å². The van der Waals surface area contributed by atoms with E-state index >= 15 is 0 Å². The van der Waals surface area contributed by atoms with E-state index in [1.165, 1.54) is 38.5 Å². The van der Waals surface area contributed by atoms with Crippen molar-refractivity contribution in [3.63, 3.8) is 0 Å². The van der Waals surface area contributed by atoms with Crippen molar-refractivity contribution in [1.82, 2.24) is 10.2 Å². The molecule has 3 rings (SSSR count). The van der Waals surface area contributed by atoms with E-state index in [4.69, 9.17) is 16.6 Å². The molecule has 0 bridgehead atoms. The first kappa shape index (κ1) is 24.0. The number of nitrogens with one attached hydrogen (secondary N) is 1. The molecule has 5 heteroatoms. The van der Waals surface area contributed by atoms with Gasteiger partial charge in [0.25, 0.3) is 0 Å². The van der Waals surface area contributed by atoms with Gasteiger partial charge in [0.1, 0.15) is 0 Å². The van der Waals surface area contributed by atoms with Crippen LogP contribution >= 0.6 is 11.6 Å². The molecule has 1 amide bonds. The van der Waals surface area contributed by atoms with Crippen LogP contribution in [-0.4, -0.2) is 42.7 Å². The molecule has 1 saturated carbocycles. The van der Waals surface area contributed by atoms with Gasteiger partial charge >= 0.3 is 0 Å². The van der Waals surface area contributed by atoms with E-state index in [2.05, 4.69) is 23.7 Å². The van der Waals surface area contributed by atoms with Crippen molar-refractivity contribution in [2.75, 3.05) is 26.2 Å². The highest BCUT2D eigenvalue weighted by molar-refractivity contribution is 6.30. The van der Waals surface area contributed by atoms with Gasteiger partial charge in [-0.25, -0.2) is 0 Å². The fourth-order valence-corrected chi connectivity index (χ4v) is 5.19. The van der Waals surface area contributed by atoms with Gasteiger partial charge in [0.15, 0.2) is 0 Å². The number of halogens is 1. The number of aliphatic imine (C=N–C) groups is 1. The zero-order valence-electron chi connectivity index (χ0n) is 19.3. The van der Waals surface area contributed by atoms with Crippen molar-refractivity contribution in [1.29, 1.82) is 0 Å². The Hall–Kier alpha value is -1.65. The molecule has 1 heterocycles. The second-order valence-corrected chi connectivity index (χ2v) is 9.85. The smallest absolute Gasteiger partial charge is 0.247 e. The molecule has 1 aromatic carbocycles. The number of amides is 1.